The van der Waals surface area contributed by atoms with Crippen molar-refractivity contribution >= 4 is 39.2 Å². The van der Waals surface area contributed by atoms with E-state index in [9.17, 15) is 5.11 Å². The number of nitrogens with zero attached hydrogens (tertiary/aromatic N) is 1. The molecule has 0 radical (unpaired) electrons. The minimum Gasteiger partial charge on any atom is -0.398 e. The smallest absolute Gasteiger partial charge is 0.137 e. The Bertz CT molecular complexity index is 613. The predicted molar refractivity (Wildman–Crippen MR) is 80.7 cm³/mol. The summed E-state index contributed by atoms with van der Waals surface area (Å²) in [5.41, 5.74) is 7.72. The zero-order valence-electron chi connectivity index (χ0n) is 10.2. The van der Waals surface area contributed by atoms with Crippen LogP contribution in [-0.2, 0) is 4.74 Å². The Balaban J connectivity index is 2.05. The summed E-state index contributed by atoms with van der Waals surface area (Å²) in [6.07, 6.45) is 1.03. The summed E-state index contributed by atoms with van der Waals surface area (Å²) >= 11 is 2.24. The van der Waals surface area contributed by atoms with E-state index in [-0.39, 0.29) is 12.8 Å². The third kappa shape index (κ3) is 2.12. The van der Waals surface area contributed by atoms with Crippen LogP contribution in [0.4, 0.5) is 5.69 Å². The van der Waals surface area contributed by atoms with E-state index in [0.717, 1.165) is 20.2 Å². The molecule has 3 atom stereocenters. The molecule has 5 nitrogen and oxygen atoms in total. The average Bonchev–Trinajstić information content (AvgIpc) is 2.91. The average molecular weight is 374 g/mol. The summed E-state index contributed by atoms with van der Waals surface area (Å²) < 4.78 is 8.72. The van der Waals surface area contributed by atoms with Gasteiger partial charge in [0.1, 0.15) is 12.3 Å². The summed E-state index contributed by atoms with van der Waals surface area (Å²) in [6, 6.07) is 5.75. The number of fused-ring (bicyclic) bond motifs is 1. The second kappa shape index (κ2) is 4.93. The molecule has 2 heterocycles. The first-order valence-corrected chi connectivity index (χ1v) is 7.18. The van der Waals surface area contributed by atoms with E-state index in [4.69, 9.17) is 15.6 Å². The highest BCUT2D eigenvalue weighted by atomic mass is 127. The minimum absolute atomic E-state index is 0.171. The lowest BCUT2D eigenvalue weighted by Gasteiger charge is -2.15. The van der Waals surface area contributed by atoms with Crippen molar-refractivity contribution in [3.63, 3.8) is 0 Å². The number of aliphatic hydroxyl groups is 2. The Kier molecular flexibility index (Phi) is 3.42. The van der Waals surface area contributed by atoms with Gasteiger partial charge in [-0.1, -0.05) is 6.07 Å². The van der Waals surface area contributed by atoms with Gasteiger partial charge >= 0.3 is 0 Å². The van der Waals surface area contributed by atoms with Crippen LogP contribution in [0.15, 0.2) is 24.4 Å². The lowest BCUT2D eigenvalue weighted by Crippen LogP contribution is -2.24. The molecule has 1 saturated heterocycles. The van der Waals surface area contributed by atoms with Crippen molar-refractivity contribution in [2.45, 2.75) is 24.9 Å². The molecule has 1 unspecified atom stereocenters. The van der Waals surface area contributed by atoms with Gasteiger partial charge in [0.25, 0.3) is 0 Å². The van der Waals surface area contributed by atoms with Crippen LogP contribution < -0.4 is 5.73 Å². The molecule has 0 spiro atoms. The molecule has 19 heavy (non-hydrogen) atoms. The van der Waals surface area contributed by atoms with Crippen LogP contribution in [0.5, 0.6) is 0 Å². The highest BCUT2D eigenvalue weighted by molar-refractivity contribution is 14.1. The van der Waals surface area contributed by atoms with E-state index in [2.05, 4.69) is 22.6 Å². The Hall–Kier alpha value is -0.830. The van der Waals surface area contributed by atoms with Gasteiger partial charge in [-0.15, -0.1) is 0 Å². The number of ether oxygens (including phenoxy) is 1. The summed E-state index contributed by atoms with van der Waals surface area (Å²) in [5.74, 6) is 0. The van der Waals surface area contributed by atoms with Crippen LogP contribution in [0.25, 0.3) is 10.9 Å². The number of benzene rings is 1. The van der Waals surface area contributed by atoms with E-state index < -0.39 is 12.2 Å². The second-order valence-corrected chi connectivity index (χ2v) is 5.90. The molecule has 0 amide bonds. The van der Waals surface area contributed by atoms with Gasteiger partial charge in [0.2, 0.25) is 0 Å². The van der Waals surface area contributed by atoms with Gasteiger partial charge in [0.05, 0.1) is 18.2 Å². The van der Waals surface area contributed by atoms with E-state index in [1.165, 1.54) is 0 Å². The standard InChI is InChI=1S/C13H15IN2O3/c14-7-5-16(9-3-1-2-8(15)13(7)9)12-4-10(18)11(6-17)19-12/h1-3,5,10-12,17-18H,4,6,15H2/t10?,11-,12-/m1/s1. The number of aliphatic hydroxyl groups excluding tert-OH is 2. The first-order chi connectivity index (χ1) is 9.11. The van der Waals surface area contributed by atoms with Gasteiger partial charge in [0, 0.05) is 27.3 Å². The van der Waals surface area contributed by atoms with Crippen molar-refractivity contribution in [2.24, 2.45) is 0 Å². The molecule has 2 aromatic rings. The molecule has 1 aliphatic heterocycles. The van der Waals surface area contributed by atoms with Crippen molar-refractivity contribution < 1.29 is 14.9 Å². The maximum absolute atomic E-state index is 9.83. The Labute approximate surface area is 124 Å². The Morgan fingerprint density at radius 2 is 2.26 bits per heavy atom. The van der Waals surface area contributed by atoms with Crippen LogP contribution in [-0.4, -0.2) is 33.6 Å². The number of hydrogen-bond acceptors (Lipinski definition) is 4. The van der Waals surface area contributed by atoms with Gasteiger partial charge in [-0.05, 0) is 34.7 Å². The van der Waals surface area contributed by atoms with E-state index in [1.807, 2.05) is 29.0 Å². The third-order valence-electron chi connectivity index (χ3n) is 3.54. The SMILES string of the molecule is Nc1cccc2c1c(I)cn2[C@H]1CC(O)[C@@H](CO)O1. The van der Waals surface area contributed by atoms with Crippen LogP contribution in [0, 0.1) is 3.57 Å². The molecule has 6 heteroatoms. The normalized spacial score (nSPS) is 27.2. The number of nitrogens with two attached hydrogens (primary N) is 1. The van der Waals surface area contributed by atoms with Crippen molar-refractivity contribution in [3.8, 4) is 0 Å². The lowest BCUT2D eigenvalue weighted by molar-refractivity contribution is -0.0429. The zero-order chi connectivity index (χ0) is 13.6. The largest absolute Gasteiger partial charge is 0.398 e. The monoisotopic (exact) mass is 374 g/mol. The molecule has 3 rings (SSSR count). The Morgan fingerprint density at radius 3 is 2.95 bits per heavy atom. The lowest BCUT2D eigenvalue weighted by atomic mass is 10.2. The van der Waals surface area contributed by atoms with Crippen LogP contribution in [0.1, 0.15) is 12.6 Å². The number of nitrogen functional groups attached to an aromatic ring is 1. The molecule has 4 N–H and O–H groups in total. The molecule has 0 aliphatic carbocycles. The van der Waals surface area contributed by atoms with Crippen LogP contribution in [0.2, 0.25) is 0 Å². The fourth-order valence-electron chi connectivity index (χ4n) is 2.58. The first kappa shape index (κ1) is 13.2. The van der Waals surface area contributed by atoms with Gasteiger partial charge in [-0.3, -0.25) is 0 Å². The summed E-state index contributed by atoms with van der Waals surface area (Å²) in [5, 5.41) is 20.0. The summed E-state index contributed by atoms with van der Waals surface area (Å²) in [7, 11) is 0. The number of aromatic nitrogens is 1. The van der Waals surface area contributed by atoms with Gasteiger partial charge in [-0.25, -0.2) is 0 Å². The van der Waals surface area contributed by atoms with Gasteiger partial charge in [-0.2, -0.15) is 0 Å². The fraction of sp³-hybridized carbons (Fsp3) is 0.385. The number of rotatable bonds is 2. The minimum atomic E-state index is -0.633. The molecule has 1 aromatic heterocycles. The van der Waals surface area contributed by atoms with Gasteiger partial charge < -0.3 is 25.3 Å². The van der Waals surface area contributed by atoms with Crippen molar-refractivity contribution in [1.82, 2.24) is 4.57 Å². The van der Waals surface area contributed by atoms with E-state index >= 15 is 0 Å². The van der Waals surface area contributed by atoms with Crippen molar-refractivity contribution in [1.29, 1.82) is 0 Å². The first-order valence-electron chi connectivity index (χ1n) is 6.10. The van der Waals surface area contributed by atoms with Crippen LogP contribution in [0.3, 0.4) is 0 Å². The highest BCUT2D eigenvalue weighted by Crippen LogP contribution is 2.35. The molecule has 1 fully saturated rings. The molecule has 1 aliphatic rings. The maximum atomic E-state index is 9.83. The predicted octanol–water partition coefficient (Wildman–Crippen LogP) is 1.47. The van der Waals surface area contributed by atoms with Crippen LogP contribution >= 0.6 is 22.6 Å². The molecule has 0 saturated carbocycles. The highest BCUT2D eigenvalue weighted by Gasteiger charge is 2.35. The number of hydrogen-bond donors (Lipinski definition) is 3. The van der Waals surface area contributed by atoms with Gasteiger partial charge in [0.15, 0.2) is 0 Å². The number of halogens is 1. The number of anilines is 1. The molecular formula is C13H15IN2O3. The van der Waals surface area contributed by atoms with E-state index in [0.29, 0.717) is 6.42 Å². The topological polar surface area (TPSA) is 80.6 Å². The third-order valence-corrected chi connectivity index (χ3v) is 4.36. The molecule has 0 bridgehead atoms. The molecule has 102 valence electrons. The molecule has 1 aromatic carbocycles. The summed E-state index contributed by atoms with van der Waals surface area (Å²) in [4.78, 5) is 0. The Morgan fingerprint density at radius 1 is 1.47 bits per heavy atom. The maximum Gasteiger partial charge on any atom is 0.137 e. The summed E-state index contributed by atoms with van der Waals surface area (Å²) in [6.45, 7) is -0.171. The fourth-order valence-corrected chi connectivity index (χ4v) is 3.47. The zero-order valence-corrected chi connectivity index (χ0v) is 12.3. The second-order valence-electron chi connectivity index (χ2n) is 4.74. The van der Waals surface area contributed by atoms with Crippen molar-refractivity contribution in [2.75, 3.05) is 12.3 Å². The quantitative estimate of drug-likeness (QED) is 0.550. The van der Waals surface area contributed by atoms with E-state index in [1.54, 1.807) is 0 Å². The van der Waals surface area contributed by atoms with Crippen molar-refractivity contribution in [3.05, 3.63) is 28.0 Å². The molecular weight excluding hydrogens is 359 g/mol.